The standard InChI is InChI=1S/C25H27N3O5/c1-16-12-21(17(2)28(16)14-19-8-6-5-7-9-19)25(31)33-15-24(30)27-22-13-20(26-18(3)29)10-11-23(22)32-4/h5-13H,14-15H2,1-4H3,(H,26,29)(H,27,30). The number of carbonyl (C=O) groups excluding carboxylic acids is 3. The van der Waals surface area contributed by atoms with E-state index in [1.54, 1.807) is 24.3 Å². The Balaban J connectivity index is 1.65. The first kappa shape index (κ1) is 23.6. The van der Waals surface area contributed by atoms with Gasteiger partial charge >= 0.3 is 5.97 Å². The number of carbonyl (C=O) groups is 3. The summed E-state index contributed by atoms with van der Waals surface area (Å²) in [6, 6.07) is 16.5. The van der Waals surface area contributed by atoms with E-state index in [2.05, 4.69) is 10.6 Å². The number of amides is 2. The lowest BCUT2D eigenvalue weighted by molar-refractivity contribution is -0.119. The Morgan fingerprint density at radius 3 is 2.36 bits per heavy atom. The zero-order valence-electron chi connectivity index (χ0n) is 19.1. The van der Waals surface area contributed by atoms with Crippen LogP contribution in [0.5, 0.6) is 5.75 Å². The van der Waals surface area contributed by atoms with E-state index in [1.807, 2.05) is 48.7 Å². The monoisotopic (exact) mass is 449 g/mol. The van der Waals surface area contributed by atoms with Crippen LogP contribution in [0.3, 0.4) is 0 Å². The topological polar surface area (TPSA) is 98.7 Å². The normalized spacial score (nSPS) is 10.4. The van der Waals surface area contributed by atoms with Gasteiger partial charge in [-0.05, 0) is 43.7 Å². The number of rotatable bonds is 8. The predicted octanol–water partition coefficient (Wildman–Crippen LogP) is 3.92. The van der Waals surface area contributed by atoms with Crippen molar-refractivity contribution in [3.63, 3.8) is 0 Å². The van der Waals surface area contributed by atoms with Crippen LogP contribution in [-0.4, -0.2) is 36.1 Å². The number of hydrogen-bond donors (Lipinski definition) is 2. The van der Waals surface area contributed by atoms with Crippen LogP contribution < -0.4 is 15.4 Å². The molecule has 0 saturated carbocycles. The van der Waals surface area contributed by atoms with Crippen molar-refractivity contribution in [3.05, 3.63) is 77.1 Å². The molecule has 2 amide bonds. The molecule has 0 aliphatic heterocycles. The highest BCUT2D eigenvalue weighted by atomic mass is 16.5. The molecule has 3 rings (SSSR count). The SMILES string of the molecule is COc1ccc(NC(C)=O)cc1NC(=O)COC(=O)c1cc(C)n(Cc2ccccc2)c1C. The average molecular weight is 450 g/mol. The minimum absolute atomic E-state index is 0.240. The summed E-state index contributed by atoms with van der Waals surface area (Å²) >= 11 is 0. The average Bonchev–Trinajstić information content (AvgIpc) is 3.06. The van der Waals surface area contributed by atoms with E-state index in [-0.39, 0.29) is 5.91 Å². The summed E-state index contributed by atoms with van der Waals surface area (Å²) in [5, 5.41) is 5.29. The van der Waals surface area contributed by atoms with Gasteiger partial charge in [0.15, 0.2) is 6.61 Å². The van der Waals surface area contributed by atoms with Crippen molar-refractivity contribution in [2.75, 3.05) is 24.4 Å². The van der Waals surface area contributed by atoms with Crippen molar-refractivity contribution in [2.45, 2.75) is 27.3 Å². The Kier molecular flexibility index (Phi) is 7.50. The van der Waals surface area contributed by atoms with E-state index >= 15 is 0 Å². The first-order valence-corrected chi connectivity index (χ1v) is 10.4. The molecule has 172 valence electrons. The minimum atomic E-state index is -0.573. The Hall–Kier alpha value is -4.07. The number of benzene rings is 2. The van der Waals surface area contributed by atoms with Gasteiger partial charge in [0.1, 0.15) is 5.75 Å². The largest absolute Gasteiger partial charge is 0.495 e. The van der Waals surface area contributed by atoms with Gasteiger partial charge < -0.3 is 24.7 Å². The minimum Gasteiger partial charge on any atom is -0.495 e. The molecule has 0 aliphatic carbocycles. The van der Waals surface area contributed by atoms with Gasteiger partial charge in [-0.1, -0.05) is 30.3 Å². The van der Waals surface area contributed by atoms with Gasteiger partial charge in [0.05, 0.1) is 18.4 Å². The van der Waals surface area contributed by atoms with E-state index in [4.69, 9.17) is 9.47 Å². The van der Waals surface area contributed by atoms with Gasteiger partial charge in [-0.2, -0.15) is 0 Å². The molecule has 1 aromatic heterocycles. The highest BCUT2D eigenvalue weighted by Gasteiger charge is 2.19. The molecule has 8 heteroatoms. The van der Waals surface area contributed by atoms with Crippen molar-refractivity contribution >= 4 is 29.2 Å². The van der Waals surface area contributed by atoms with E-state index in [0.717, 1.165) is 17.0 Å². The number of hydrogen-bond acceptors (Lipinski definition) is 5. The van der Waals surface area contributed by atoms with Crippen LogP contribution in [0.2, 0.25) is 0 Å². The van der Waals surface area contributed by atoms with E-state index in [9.17, 15) is 14.4 Å². The van der Waals surface area contributed by atoms with Crippen LogP contribution >= 0.6 is 0 Å². The Labute approximate surface area is 192 Å². The van der Waals surface area contributed by atoms with Crippen LogP contribution in [0.1, 0.15) is 34.2 Å². The third-order valence-electron chi connectivity index (χ3n) is 5.11. The molecule has 2 N–H and O–H groups in total. The summed E-state index contributed by atoms with van der Waals surface area (Å²) in [7, 11) is 1.47. The van der Waals surface area contributed by atoms with Gasteiger partial charge in [-0.25, -0.2) is 4.79 Å². The van der Waals surface area contributed by atoms with Crippen LogP contribution in [0.25, 0.3) is 0 Å². The molecule has 0 radical (unpaired) electrons. The van der Waals surface area contributed by atoms with Gasteiger partial charge in [0.2, 0.25) is 5.91 Å². The van der Waals surface area contributed by atoms with Gasteiger partial charge in [-0.3, -0.25) is 9.59 Å². The van der Waals surface area contributed by atoms with Crippen LogP contribution in [0, 0.1) is 13.8 Å². The van der Waals surface area contributed by atoms with Gasteiger partial charge in [0, 0.05) is 30.5 Å². The molecule has 0 unspecified atom stereocenters. The lowest BCUT2D eigenvalue weighted by atomic mass is 10.2. The lowest BCUT2D eigenvalue weighted by Gasteiger charge is -2.13. The molecular weight excluding hydrogens is 422 g/mol. The van der Waals surface area contributed by atoms with Crippen molar-refractivity contribution in [1.82, 2.24) is 4.57 Å². The maximum absolute atomic E-state index is 12.7. The van der Waals surface area contributed by atoms with Gasteiger partial charge in [-0.15, -0.1) is 0 Å². The predicted molar refractivity (Wildman–Crippen MR) is 126 cm³/mol. The van der Waals surface area contributed by atoms with Crippen LogP contribution in [0.4, 0.5) is 11.4 Å². The molecule has 0 fully saturated rings. The molecule has 3 aromatic rings. The first-order chi connectivity index (χ1) is 15.8. The molecule has 1 heterocycles. The Morgan fingerprint density at radius 1 is 0.970 bits per heavy atom. The Bertz CT molecular complexity index is 1170. The number of anilines is 2. The van der Waals surface area contributed by atoms with Crippen LogP contribution in [-0.2, 0) is 20.9 Å². The maximum Gasteiger partial charge on any atom is 0.340 e. The molecule has 2 aromatic carbocycles. The third-order valence-corrected chi connectivity index (χ3v) is 5.11. The molecule has 8 nitrogen and oxygen atoms in total. The quantitative estimate of drug-likeness (QED) is 0.508. The second-order valence-electron chi connectivity index (χ2n) is 7.58. The van der Waals surface area contributed by atoms with E-state index in [1.165, 1.54) is 14.0 Å². The fourth-order valence-electron chi connectivity index (χ4n) is 3.50. The zero-order valence-corrected chi connectivity index (χ0v) is 19.1. The summed E-state index contributed by atoms with van der Waals surface area (Å²) in [4.78, 5) is 36.3. The molecule has 0 bridgehead atoms. The first-order valence-electron chi connectivity index (χ1n) is 10.4. The molecule has 0 atom stereocenters. The molecular formula is C25H27N3O5. The fraction of sp³-hybridized carbons (Fsp3) is 0.240. The lowest BCUT2D eigenvalue weighted by Crippen LogP contribution is -2.21. The summed E-state index contributed by atoms with van der Waals surface area (Å²) in [5.74, 6) is -0.930. The highest BCUT2D eigenvalue weighted by molar-refractivity contribution is 5.98. The number of methoxy groups -OCH3 is 1. The number of esters is 1. The summed E-state index contributed by atoms with van der Waals surface area (Å²) in [6.45, 7) is 5.34. The molecule has 0 aliphatic rings. The summed E-state index contributed by atoms with van der Waals surface area (Å²) in [5.41, 5.74) is 4.08. The molecule has 0 spiro atoms. The second-order valence-corrected chi connectivity index (χ2v) is 7.58. The zero-order chi connectivity index (χ0) is 24.0. The highest BCUT2D eigenvalue weighted by Crippen LogP contribution is 2.28. The number of aromatic nitrogens is 1. The molecule has 0 saturated heterocycles. The number of nitrogens with one attached hydrogen (secondary N) is 2. The number of nitrogens with zero attached hydrogens (tertiary/aromatic N) is 1. The maximum atomic E-state index is 12.7. The second kappa shape index (κ2) is 10.5. The summed E-state index contributed by atoms with van der Waals surface area (Å²) < 4.78 is 12.5. The van der Waals surface area contributed by atoms with E-state index < -0.39 is 18.5 Å². The van der Waals surface area contributed by atoms with Crippen molar-refractivity contribution in [1.29, 1.82) is 0 Å². The van der Waals surface area contributed by atoms with Crippen molar-refractivity contribution in [2.24, 2.45) is 0 Å². The summed E-state index contributed by atoms with van der Waals surface area (Å²) in [6.07, 6.45) is 0. The van der Waals surface area contributed by atoms with Crippen molar-refractivity contribution < 1.29 is 23.9 Å². The molecule has 33 heavy (non-hydrogen) atoms. The number of ether oxygens (including phenoxy) is 2. The fourth-order valence-corrected chi connectivity index (χ4v) is 3.50. The Morgan fingerprint density at radius 2 is 1.70 bits per heavy atom. The van der Waals surface area contributed by atoms with Crippen molar-refractivity contribution in [3.8, 4) is 5.75 Å². The smallest absolute Gasteiger partial charge is 0.340 e. The van der Waals surface area contributed by atoms with E-state index in [0.29, 0.717) is 29.2 Å². The van der Waals surface area contributed by atoms with Crippen LogP contribution in [0.15, 0.2) is 54.6 Å². The third kappa shape index (κ3) is 6.00. The number of aryl methyl sites for hydroxylation is 1. The van der Waals surface area contributed by atoms with Gasteiger partial charge in [0.25, 0.3) is 5.91 Å².